The minimum atomic E-state index is 0.743. The summed E-state index contributed by atoms with van der Waals surface area (Å²) in [7, 11) is 1.71. The fourth-order valence-electron chi connectivity index (χ4n) is 1.28. The van der Waals surface area contributed by atoms with Crippen molar-refractivity contribution in [3.05, 3.63) is 17.7 Å². The molecule has 0 aromatic carbocycles. The molecule has 4 nitrogen and oxygen atoms in total. The Kier molecular flexibility index (Phi) is 7.29. The van der Waals surface area contributed by atoms with Crippen LogP contribution in [-0.2, 0) is 17.0 Å². The summed E-state index contributed by atoms with van der Waals surface area (Å²) in [6.45, 7) is 4.64. The van der Waals surface area contributed by atoms with Crippen LogP contribution in [0.1, 0.15) is 24.9 Å². The molecule has 5 heteroatoms. The summed E-state index contributed by atoms with van der Waals surface area (Å²) in [6, 6.07) is 0. The van der Waals surface area contributed by atoms with Crippen LogP contribution in [-0.4, -0.2) is 36.0 Å². The predicted molar refractivity (Wildman–Crippen MR) is 68.6 cm³/mol. The van der Waals surface area contributed by atoms with Gasteiger partial charge in [0.1, 0.15) is 5.82 Å². The first-order valence-corrected chi connectivity index (χ1v) is 6.82. The fraction of sp³-hybridized carbons (Fsp3) is 0.727. The van der Waals surface area contributed by atoms with Gasteiger partial charge in [0.15, 0.2) is 0 Å². The molecule has 0 saturated carbocycles. The molecule has 1 rings (SSSR count). The van der Waals surface area contributed by atoms with Crippen molar-refractivity contribution in [1.29, 1.82) is 0 Å². The number of rotatable bonds is 9. The quantitative estimate of drug-likeness (QED) is 0.649. The minimum absolute atomic E-state index is 0.743. The minimum Gasteiger partial charge on any atom is -0.383 e. The Labute approximate surface area is 102 Å². The number of hydrogen-bond acceptors (Lipinski definition) is 4. The van der Waals surface area contributed by atoms with Crippen LogP contribution in [0.3, 0.4) is 0 Å². The zero-order valence-corrected chi connectivity index (χ0v) is 10.9. The zero-order valence-electron chi connectivity index (χ0n) is 10.1. The van der Waals surface area contributed by atoms with Gasteiger partial charge in [-0.25, -0.2) is 4.98 Å². The topological polar surface area (TPSA) is 49.9 Å². The van der Waals surface area contributed by atoms with Crippen molar-refractivity contribution < 1.29 is 4.74 Å². The lowest BCUT2D eigenvalue weighted by Crippen LogP contribution is -2.18. The Bertz CT molecular complexity index is 278. The third-order valence-electron chi connectivity index (χ3n) is 2.07. The summed E-state index contributed by atoms with van der Waals surface area (Å²) in [5.74, 6) is 3.25. The molecule has 0 spiro atoms. The van der Waals surface area contributed by atoms with Crippen LogP contribution >= 0.6 is 11.8 Å². The molecule has 0 fully saturated rings. The predicted octanol–water partition coefficient (Wildman–Crippen LogP) is 1.79. The van der Waals surface area contributed by atoms with Crippen LogP contribution in [0.5, 0.6) is 0 Å². The summed E-state index contributed by atoms with van der Waals surface area (Å²) in [6.07, 6.45) is 3.12. The molecule has 0 saturated heterocycles. The highest BCUT2D eigenvalue weighted by atomic mass is 32.2. The smallest absolute Gasteiger partial charge is 0.116 e. The number of aromatic amines is 1. The molecule has 2 N–H and O–H groups in total. The zero-order chi connectivity index (χ0) is 11.6. The van der Waals surface area contributed by atoms with Gasteiger partial charge in [-0.1, -0.05) is 6.92 Å². The maximum absolute atomic E-state index is 4.96. The molecular formula is C11H21N3OS. The Balaban J connectivity index is 2.17. The molecule has 16 heavy (non-hydrogen) atoms. The van der Waals surface area contributed by atoms with Gasteiger partial charge in [-0.2, -0.15) is 11.8 Å². The Morgan fingerprint density at radius 1 is 1.56 bits per heavy atom. The Morgan fingerprint density at radius 2 is 2.44 bits per heavy atom. The van der Waals surface area contributed by atoms with Crippen molar-refractivity contribution in [2.45, 2.75) is 25.6 Å². The van der Waals surface area contributed by atoms with E-state index >= 15 is 0 Å². The lowest BCUT2D eigenvalue weighted by molar-refractivity contribution is 0.199. The van der Waals surface area contributed by atoms with E-state index in [-0.39, 0.29) is 0 Å². The average molecular weight is 243 g/mol. The number of thioether (sulfide) groups is 1. The highest BCUT2D eigenvalue weighted by Crippen LogP contribution is 2.09. The van der Waals surface area contributed by atoms with Gasteiger partial charge in [-0.05, 0) is 12.2 Å². The van der Waals surface area contributed by atoms with Crippen LogP contribution in [0, 0.1) is 0 Å². The van der Waals surface area contributed by atoms with E-state index in [1.165, 1.54) is 12.2 Å². The van der Waals surface area contributed by atoms with Crippen LogP contribution < -0.4 is 5.32 Å². The van der Waals surface area contributed by atoms with E-state index in [0.717, 1.165) is 37.0 Å². The van der Waals surface area contributed by atoms with E-state index in [9.17, 15) is 0 Å². The molecular weight excluding hydrogens is 222 g/mol. The summed E-state index contributed by atoms with van der Waals surface area (Å²) in [5, 5.41) is 3.28. The van der Waals surface area contributed by atoms with E-state index in [1.807, 2.05) is 18.0 Å². The summed E-state index contributed by atoms with van der Waals surface area (Å²) in [4.78, 5) is 7.65. The first-order chi connectivity index (χ1) is 7.86. The normalized spacial score (nSPS) is 10.9. The highest BCUT2D eigenvalue weighted by molar-refractivity contribution is 7.98. The third kappa shape index (κ3) is 5.53. The summed E-state index contributed by atoms with van der Waals surface area (Å²) < 4.78 is 4.96. The van der Waals surface area contributed by atoms with E-state index < -0.39 is 0 Å². The van der Waals surface area contributed by atoms with E-state index in [2.05, 4.69) is 22.2 Å². The number of aromatic nitrogens is 2. The largest absolute Gasteiger partial charge is 0.383 e. The number of nitrogens with one attached hydrogen (secondary N) is 2. The molecule has 1 aromatic rings. The summed E-state index contributed by atoms with van der Waals surface area (Å²) >= 11 is 1.92. The van der Waals surface area contributed by atoms with Crippen molar-refractivity contribution in [2.24, 2.45) is 0 Å². The number of H-pyrrole nitrogens is 1. The third-order valence-corrected chi connectivity index (χ3v) is 3.24. The molecule has 1 heterocycles. The van der Waals surface area contributed by atoms with Crippen molar-refractivity contribution in [3.8, 4) is 0 Å². The van der Waals surface area contributed by atoms with Gasteiger partial charge in [0.25, 0.3) is 0 Å². The van der Waals surface area contributed by atoms with Gasteiger partial charge in [-0.3, -0.25) is 0 Å². The molecule has 0 aliphatic rings. The second kappa shape index (κ2) is 8.61. The maximum Gasteiger partial charge on any atom is 0.116 e. The molecule has 0 aliphatic carbocycles. The molecule has 1 aromatic heterocycles. The first-order valence-electron chi connectivity index (χ1n) is 5.67. The van der Waals surface area contributed by atoms with Gasteiger partial charge >= 0.3 is 0 Å². The van der Waals surface area contributed by atoms with E-state index in [0.29, 0.717) is 0 Å². The monoisotopic (exact) mass is 243 g/mol. The van der Waals surface area contributed by atoms with E-state index in [1.54, 1.807) is 7.11 Å². The summed E-state index contributed by atoms with van der Waals surface area (Å²) in [5.41, 5.74) is 1.14. The van der Waals surface area contributed by atoms with E-state index in [4.69, 9.17) is 4.74 Å². The highest BCUT2D eigenvalue weighted by Gasteiger charge is 2.00. The van der Waals surface area contributed by atoms with Crippen molar-refractivity contribution in [2.75, 3.05) is 26.0 Å². The van der Waals surface area contributed by atoms with Crippen molar-refractivity contribution in [3.63, 3.8) is 0 Å². The molecule has 0 bridgehead atoms. The molecule has 92 valence electrons. The van der Waals surface area contributed by atoms with Gasteiger partial charge in [-0.15, -0.1) is 0 Å². The van der Waals surface area contributed by atoms with Crippen LogP contribution in [0.25, 0.3) is 0 Å². The molecule has 0 atom stereocenters. The maximum atomic E-state index is 4.96. The Morgan fingerprint density at radius 3 is 3.19 bits per heavy atom. The van der Waals surface area contributed by atoms with Crippen LogP contribution in [0.15, 0.2) is 6.20 Å². The number of nitrogens with zero attached hydrogens (tertiary/aromatic N) is 1. The van der Waals surface area contributed by atoms with Gasteiger partial charge in [0.2, 0.25) is 0 Å². The SMILES string of the molecule is CCCSCc1ncc(CNCCOC)[nH]1. The molecule has 0 radical (unpaired) electrons. The van der Waals surface area contributed by atoms with Gasteiger partial charge < -0.3 is 15.0 Å². The number of methoxy groups -OCH3 is 1. The van der Waals surface area contributed by atoms with Crippen LogP contribution in [0.4, 0.5) is 0 Å². The lowest BCUT2D eigenvalue weighted by atomic mass is 10.4. The van der Waals surface area contributed by atoms with Crippen molar-refractivity contribution >= 4 is 11.8 Å². The van der Waals surface area contributed by atoms with Crippen LogP contribution in [0.2, 0.25) is 0 Å². The van der Waals surface area contributed by atoms with Crippen molar-refractivity contribution in [1.82, 2.24) is 15.3 Å². The first kappa shape index (κ1) is 13.5. The van der Waals surface area contributed by atoms with Gasteiger partial charge in [0.05, 0.1) is 12.4 Å². The second-order valence-electron chi connectivity index (χ2n) is 3.58. The number of ether oxygens (including phenoxy) is 1. The fourth-order valence-corrected chi connectivity index (χ4v) is 2.05. The second-order valence-corrected chi connectivity index (χ2v) is 4.68. The standard InChI is InChI=1S/C11H21N3OS/c1-3-6-16-9-11-13-8-10(14-11)7-12-4-5-15-2/h8,12H,3-7,9H2,1-2H3,(H,13,14). The number of imidazole rings is 1. The molecule has 0 aliphatic heterocycles. The molecule has 0 unspecified atom stereocenters. The lowest BCUT2D eigenvalue weighted by Gasteiger charge is -2.01. The number of hydrogen-bond donors (Lipinski definition) is 2. The average Bonchev–Trinajstić information content (AvgIpc) is 2.73. The van der Waals surface area contributed by atoms with Gasteiger partial charge in [0, 0.05) is 32.1 Å². The Hall–Kier alpha value is -0.520. The molecule has 0 amide bonds.